The minimum absolute atomic E-state index is 0. The van der Waals surface area contributed by atoms with Crippen molar-refractivity contribution in [1.82, 2.24) is 15.5 Å². The van der Waals surface area contributed by atoms with Crippen LogP contribution in [0, 0.1) is 0 Å². The van der Waals surface area contributed by atoms with Gasteiger partial charge in [0.15, 0.2) is 0 Å². The second-order valence-electron chi connectivity index (χ2n) is 6.97. The molecular weight excluding hydrogens is 361 g/mol. The molecule has 142 valence electrons. The van der Waals surface area contributed by atoms with Gasteiger partial charge in [0, 0.05) is 18.6 Å². The first-order chi connectivity index (χ1) is 11.0. The molecule has 0 bridgehead atoms. The van der Waals surface area contributed by atoms with Crippen molar-refractivity contribution in [3.63, 3.8) is 0 Å². The number of carbonyl (C=O) groups is 1. The van der Waals surface area contributed by atoms with Crippen LogP contribution in [0.4, 0.5) is 0 Å². The average molecular weight is 390 g/mol. The third kappa shape index (κ3) is 4.66. The van der Waals surface area contributed by atoms with Crippen LogP contribution < -0.4 is 10.6 Å². The lowest BCUT2D eigenvalue weighted by molar-refractivity contribution is -0.129. The zero-order chi connectivity index (χ0) is 16.4. The summed E-state index contributed by atoms with van der Waals surface area (Å²) < 4.78 is 5.57. The molecule has 1 amide bonds. The van der Waals surface area contributed by atoms with Crippen LogP contribution >= 0.6 is 24.8 Å². The maximum absolute atomic E-state index is 12.5. The summed E-state index contributed by atoms with van der Waals surface area (Å²) >= 11 is 0. The molecule has 1 aromatic rings. The normalized spacial score (nSPS) is 24.0. The highest BCUT2D eigenvalue weighted by Gasteiger charge is 2.40. The Labute approximate surface area is 162 Å². The van der Waals surface area contributed by atoms with E-state index in [0.29, 0.717) is 13.2 Å². The SMILES string of the molecule is C[C@H]1OCCN[C@@H]1C(=O)NCC1(N(C)C)Cc2ccccc2C1.Cl.Cl. The van der Waals surface area contributed by atoms with Gasteiger partial charge in [0.1, 0.15) is 6.04 Å². The van der Waals surface area contributed by atoms with Gasteiger partial charge in [-0.15, -0.1) is 24.8 Å². The fourth-order valence-corrected chi connectivity index (χ4v) is 3.66. The van der Waals surface area contributed by atoms with E-state index in [9.17, 15) is 4.79 Å². The van der Waals surface area contributed by atoms with Gasteiger partial charge in [0.25, 0.3) is 0 Å². The van der Waals surface area contributed by atoms with Crippen LogP contribution in [0.5, 0.6) is 0 Å². The third-order valence-electron chi connectivity index (χ3n) is 5.30. The van der Waals surface area contributed by atoms with Gasteiger partial charge in [-0.1, -0.05) is 24.3 Å². The number of rotatable bonds is 4. The first-order valence-electron chi connectivity index (χ1n) is 8.39. The minimum Gasteiger partial charge on any atom is -0.375 e. The van der Waals surface area contributed by atoms with Crippen LogP contribution in [0.25, 0.3) is 0 Å². The number of hydrogen-bond acceptors (Lipinski definition) is 4. The van der Waals surface area contributed by atoms with Crippen LogP contribution in [-0.2, 0) is 22.4 Å². The van der Waals surface area contributed by atoms with E-state index in [1.807, 2.05) is 6.92 Å². The number of nitrogens with zero attached hydrogens (tertiary/aromatic N) is 1. The van der Waals surface area contributed by atoms with Gasteiger partial charge in [-0.3, -0.25) is 4.79 Å². The van der Waals surface area contributed by atoms with Gasteiger partial charge in [-0.2, -0.15) is 0 Å². The Morgan fingerprint density at radius 2 is 1.88 bits per heavy atom. The smallest absolute Gasteiger partial charge is 0.239 e. The van der Waals surface area contributed by atoms with Crippen LogP contribution in [0.3, 0.4) is 0 Å². The molecule has 2 atom stereocenters. The molecule has 2 aliphatic rings. The van der Waals surface area contributed by atoms with E-state index in [-0.39, 0.29) is 48.4 Å². The molecule has 2 N–H and O–H groups in total. The quantitative estimate of drug-likeness (QED) is 0.817. The molecule has 1 aliphatic heterocycles. The average Bonchev–Trinajstić information content (AvgIpc) is 2.93. The lowest BCUT2D eigenvalue weighted by atomic mass is 9.93. The van der Waals surface area contributed by atoms with E-state index in [1.165, 1.54) is 11.1 Å². The van der Waals surface area contributed by atoms with Crippen LogP contribution in [0.2, 0.25) is 0 Å². The maximum atomic E-state index is 12.5. The number of amides is 1. The molecule has 1 aliphatic carbocycles. The van der Waals surface area contributed by atoms with Gasteiger partial charge in [-0.25, -0.2) is 0 Å². The fourth-order valence-electron chi connectivity index (χ4n) is 3.66. The second-order valence-corrected chi connectivity index (χ2v) is 6.97. The van der Waals surface area contributed by atoms with E-state index in [4.69, 9.17) is 4.74 Å². The molecule has 3 rings (SSSR count). The van der Waals surface area contributed by atoms with Crippen LogP contribution in [-0.4, -0.2) is 62.3 Å². The molecule has 5 nitrogen and oxygen atoms in total. The second kappa shape index (κ2) is 9.19. The van der Waals surface area contributed by atoms with Crippen LogP contribution in [0.15, 0.2) is 24.3 Å². The summed E-state index contributed by atoms with van der Waals surface area (Å²) in [7, 11) is 4.20. The fraction of sp³-hybridized carbons (Fsp3) is 0.611. The molecule has 0 aromatic heterocycles. The third-order valence-corrected chi connectivity index (χ3v) is 5.30. The first-order valence-corrected chi connectivity index (χ1v) is 8.39. The van der Waals surface area contributed by atoms with Crippen molar-refractivity contribution in [1.29, 1.82) is 0 Å². The zero-order valence-corrected chi connectivity index (χ0v) is 16.7. The van der Waals surface area contributed by atoms with Crippen molar-refractivity contribution in [3.8, 4) is 0 Å². The highest BCUT2D eigenvalue weighted by molar-refractivity contribution is 5.85. The molecule has 0 unspecified atom stereocenters. The summed E-state index contributed by atoms with van der Waals surface area (Å²) in [6, 6.07) is 8.32. The Morgan fingerprint density at radius 1 is 1.28 bits per heavy atom. The number of fused-ring (bicyclic) bond motifs is 1. The van der Waals surface area contributed by atoms with E-state index < -0.39 is 0 Å². The molecule has 0 radical (unpaired) electrons. The van der Waals surface area contributed by atoms with Gasteiger partial charge >= 0.3 is 0 Å². The Kier molecular flexibility index (Phi) is 8.16. The topological polar surface area (TPSA) is 53.6 Å². The lowest BCUT2D eigenvalue weighted by Gasteiger charge is -2.37. The maximum Gasteiger partial charge on any atom is 0.239 e. The number of likely N-dealkylation sites (N-methyl/N-ethyl adjacent to an activating group) is 1. The summed E-state index contributed by atoms with van der Waals surface area (Å²) in [5.41, 5.74) is 2.74. The van der Waals surface area contributed by atoms with Crippen LogP contribution in [0.1, 0.15) is 18.1 Å². The predicted molar refractivity (Wildman–Crippen MR) is 105 cm³/mol. The molecule has 1 saturated heterocycles. The van der Waals surface area contributed by atoms with Gasteiger partial charge in [0.05, 0.1) is 12.7 Å². The minimum atomic E-state index is -0.258. The molecule has 1 heterocycles. The largest absolute Gasteiger partial charge is 0.375 e. The molecule has 0 spiro atoms. The number of nitrogens with one attached hydrogen (secondary N) is 2. The number of ether oxygens (including phenoxy) is 1. The summed E-state index contributed by atoms with van der Waals surface area (Å²) in [6.07, 6.45) is 1.86. The molecule has 1 fully saturated rings. The van der Waals surface area contributed by atoms with E-state index in [1.54, 1.807) is 0 Å². The molecule has 0 saturated carbocycles. The van der Waals surface area contributed by atoms with E-state index in [2.05, 4.69) is 53.9 Å². The summed E-state index contributed by atoms with van der Waals surface area (Å²) in [5, 5.41) is 6.41. The molecular formula is C18H29Cl2N3O2. The highest BCUT2D eigenvalue weighted by atomic mass is 35.5. The van der Waals surface area contributed by atoms with Crippen molar-refractivity contribution in [2.24, 2.45) is 0 Å². The van der Waals surface area contributed by atoms with Crippen molar-refractivity contribution in [2.75, 3.05) is 33.8 Å². The lowest BCUT2D eigenvalue weighted by Crippen LogP contribution is -2.59. The van der Waals surface area contributed by atoms with Gasteiger partial charge < -0.3 is 20.3 Å². The Morgan fingerprint density at radius 3 is 2.40 bits per heavy atom. The Bertz CT molecular complexity index is 558. The number of morpholine rings is 1. The highest BCUT2D eigenvalue weighted by Crippen LogP contribution is 2.33. The van der Waals surface area contributed by atoms with Crippen molar-refractivity contribution >= 4 is 30.7 Å². The number of hydrogen-bond donors (Lipinski definition) is 2. The van der Waals surface area contributed by atoms with Gasteiger partial charge in [0.2, 0.25) is 5.91 Å². The molecule has 25 heavy (non-hydrogen) atoms. The molecule has 7 heteroatoms. The van der Waals surface area contributed by atoms with E-state index >= 15 is 0 Å². The monoisotopic (exact) mass is 389 g/mol. The van der Waals surface area contributed by atoms with Crippen molar-refractivity contribution < 1.29 is 9.53 Å². The zero-order valence-electron chi connectivity index (χ0n) is 15.1. The number of carbonyl (C=O) groups excluding carboxylic acids is 1. The van der Waals surface area contributed by atoms with Crippen molar-refractivity contribution in [3.05, 3.63) is 35.4 Å². The predicted octanol–water partition coefficient (Wildman–Crippen LogP) is 1.42. The Balaban J connectivity index is 0.00000156. The Hall–Kier alpha value is -0.850. The summed E-state index contributed by atoms with van der Waals surface area (Å²) in [6.45, 7) is 4.00. The molecule has 1 aromatic carbocycles. The standard InChI is InChI=1S/C18H27N3O2.2ClH/c1-13-16(19-8-9-23-13)17(22)20-12-18(21(2)3)10-14-6-4-5-7-15(14)11-18;;/h4-7,13,16,19H,8-12H2,1-3H3,(H,20,22);2*1H/t13-,16+;;/m1../s1. The summed E-state index contributed by atoms with van der Waals surface area (Å²) in [5.74, 6) is 0.0365. The van der Waals surface area contributed by atoms with E-state index in [0.717, 1.165) is 19.4 Å². The van der Waals surface area contributed by atoms with Crippen molar-refractivity contribution in [2.45, 2.75) is 37.5 Å². The summed E-state index contributed by atoms with van der Waals surface area (Å²) in [4.78, 5) is 14.8. The van der Waals surface area contributed by atoms with Gasteiger partial charge in [-0.05, 0) is 45.0 Å². The number of benzene rings is 1. The number of halogens is 2. The first kappa shape index (κ1) is 22.2.